The van der Waals surface area contributed by atoms with Gasteiger partial charge in [0, 0.05) is 11.8 Å². The number of aromatic carboxylic acids is 1. The Morgan fingerprint density at radius 3 is 2.81 bits per heavy atom. The predicted molar refractivity (Wildman–Crippen MR) is 59.9 cm³/mol. The molecule has 0 aromatic carbocycles. The molecule has 1 aliphatic rings. The number of fused-ring (bicyclic) bond motifs is 1. The van der Waals surface area contributed by atoms with Gasteiger partial charge in [0.2, 0.25) is 5.56 Å². The van der Waals surface area contributed by atoms with Crippen LogP contribution < -0.4 is 5.56 Å². The van der Waals surface area contributed by atoms with Gasteiger partial charge in [-0.15, -0.1) is 0 Å². The van der Waals surface area contributed by atoms with Crippen molar-refractivity contribution in [3.8, 4) is 0 Å². The van der Waals surface area contributed by atoms with E-state index >= 15 is 0 Å². The van der Waals surface area contributed by atoms with E-state index in [0.717, 1.165) is 24.1 Å². The van der Waals surface area contributed by atoms with Crippen molar-refractivity contribution in [3.05, 3.63) is 33.2 Å². The minimum absolute atomic E-state index is 0.165. The SMILES string of the molecule is CC1Cc2[nH]c(=O)cc(C(=O)O)c2C(C)C1. The molecule has 2 atom stereocenters. The van der Waals surface area contributed by atoms with Gasteiger partial charge in [0.05, 0.1) is 5.56 Å². The van der Waals surface area contributed by atoms with Gasteiger partial charge in [-0.05, 0) is 30.2 Å². The third-order valence-electron chi connectivity index (χ3n) is 3.20. The Kier molecular flexibility index (Phi) is 2.58. The molecule has 1 heterocycles. The van der Waals surface area contributed by atoms with Crippen molar-refractivity contribution in [2.75, 3.05) is 0 Å². The number of rotatable bonds is 1. The van der Waals surface area contributed by atoms with Crippen LogP contribution in [0.5, 0.6) is 0 Å². The van der Waals surface area contributed by atoms with E-state index in [0.29, 0.717) is 5.92 Å². The molecule has 0 saturated heterocycles. The molecular weight excluding hydrogens is 206 g/mol. The summed E-state index contributed by atoms with van der Waals surface area (Å²) in [6, 6.07) is 1.19. The number of aromatic amines is 1. The van der Waals surface area contributed by atoms with Crippen LogP contribution in [0.2, 0.25) is 0 Å². The fourth-order valence-corrected chi connectivity index (χ4v) is 2.68. The lowest BCUT2D eigenvalue weighted by Crippen LogP contribution is -2.24. The number of nitrogens with one attached hydrogen (secondary N) is 1. The van der Waals surface area contributed by atoms with Crippen molar-refractivity contribution in [1.82, 2.24) is 4.98 Å². The second-order valence-corrected chi connectivity index (χ2v) is 4.69. The van der Waals surface area contributed by atoms with E-state index in [9.17, 15) is 9.59 Å². The average molecular weight is 221 g/mol. The zero-order valence-corrected chi connectivity index (χ0v) is 9.41. The number of H-pyrrole nitrogens is 1. The molecule has 0 saturated carbocycles. The minimum Gasteiger partial charge on any atom is -0.478 e. The number of hydrogen-bond donors (Lipinski definition) is 2. The summed E-state index contributed by atoms with van der Waals surface area (Å²) in [5.41, 5.74) is 1.46. The highest BCUT2D eigenvalue weighted by molar-refractivity contribution is 5.89. The van der Waals surface area contributed by atoms with Crippen molar-refractivity contribution in [2.24, 2.45) is 5.92 Å². The van der Waals surface area contributed by atoms with Gasteiger partial charge >= 0.3 is 5.97 Å². The molecule has 0 radical (unpaired) electrons. The molecule has 16 heavy (non-hydrogen) atoms. The molecule has 4 nitrogen and oxygen atoms in total. The number of carbonyl (C=O) groups is 1. The summed E-state index contributed by atoms with van der Waals surface area (Å²) in [6.45, 7) is 4.13. The van der Waals surface area contributed by atoms with Crippen molar-refractivity contribution in [1.29, 1.82) is 0 Å². The van der Waals surface area contributed by atoms with Gasteiger partial charge in [-0.25, -0.2) is 4.79 Å². The minimum atomic E-state index is -1.01. The lowest BCUT2D eigenvalue weighted by Gasteiger charge is -2.27. The second-order valence-electron chi connectivity index (χ2n) is 4.69. The largest absolute Gasteiger partial charge is 0.478 e. The van der Waals surface area contributed by atoms with E-state index in [-0.39, 0.29) is 17.0 Å². The maximum Gasteiger partial charge on any atom is 0.336 e. The first kappa shape index (κ1) is 10.9. The van der Waals surface area contributed by atoms with Gasteiger partial charge in [-0.2, -0.15) is 0 Å². The van der Waals surface area contributed by atoms with Crippen LogP contribution in [0.1, 0.15) is 47.8 Å². The van der Waals surface area contributed by atoms with Crippen LogP contribution in [0.25, 0.3) is 0 Å². The van der Waals surface area contributed by atoms with E-state index < -0.39 is 5.97 Å². The van der Waals surface area contributed by atoms with E-state index in [1.54, 1.807) is 0 Å². The molecule has 86 valence electrons. The Balaban J connectivity index is 2.66. The number of aromatic nitrogens is 1. The van der Waals surface area contributed by atoms with Gasteiger partial charge in [-0.1, -0.05) is 13.8 Å². The summed E-state index contributed by atoms with van der Waals surface area (Å²) in [5, 5.41) is 9.10. The summed E-state index contributed by atoms with van der Waals surface area (Å²) in [7, 11) is 0. The lowest BCUT2D eigenvalue weighted by atomic mass is 9.79. The normalized spacial score (nSPS) is 23.9. The molecule has 2 N–H and O–H groups in total. The van der Waals surface area contributed by atoms with Crippen LogP contribution in [0, 0.1) is 5.92 Å². The topological polar surface area (TPSA) is 70.2 Å². The molecular formula is C12H15NO3. The lowest BCUT2D eigenvalue weighted by molar-refractivity contribution is 0.0694. The Morgan fingerprint density at radius 2 is 2.19 bits per heavy atom. The van der Waals surface area contributed by atoms with Gasteiger partial charge in [0.15, 0.2) is 0 Å². The van der Waals surface area contributed by atoms with Crippen LogP contribution in [0.15, 0.2) is 10.9 Å². The second kappa shape index (κ2) is 3.77. The van der Waals surface area contributed by atoms with Crippen LogP contribution in [-0.2, 0) is 6.42 Å². The summed E-state index contributed by atoms with van der Waals surface area (Å²) in [4.78, 5) is 25.2. The Bertz CT molecular complexity index is 490. The standard InChI is InChI=1S/C12H15NO3/c1-6-3-7(2)11-8(12(15)16)5-10(14)13-9(11)4-6/h5-7H,3-4H2,1-2H3,(H,13,14)(H,15,16). The fourth-order valence-electron chi connectivity index (χ4n) is 2.68. The molecule has 1 aromatic rings. The van der Waals surface area contributed by atoms with Crippen LogP contribution >= 0.6 is 0 Å². The van der Waals surface area contributed by atoms with Gasteiger partial charge < -0.3 is 10.1 Å². The quantitative estimate of drug-likeness (QED) is 0.759. The first-order chi connectivity index (χ1) is 7.49. The predicted octanol–water partition coefficient (Wildman–Crippen LogP) is 1.76. The number of carboxylic acids is 1. The van der Waals surface area contributed by atoms with Crippen LogP contribution in [0.4, 0.5) is 0 Å². The van der Waals surface area contributed by atoms with E-state index in [1.807, 2.05) is 6.92 Å². The molecule has 2 unspecified atom stereocenters. The highest BCUT2D eigenvalue weighted by Gasteiger charge is 2.27. The molecule has 0 bridgehead atoms. The Labute approximate surface area is 93.3 Å². The highest BCUT2D eigenvalue weighted by atomic mass is 16.4. The van der Waals surface area contributed by atoms with Gasteiger partial charge in [0.1, 0.15) is 0 Å². The van der Waals surface area contributed by atoms with Crippen LogP contribution in [0.3, 0.4) is 0 Å². The third kappa shape index (κ3) is 1.75. The highest BCUT2D eigenvalue weighted by Crippen LogP contribution is 2.34. The smallest absolute Gasteiger partial charge is 0.336 e. The molecule has 1 aliphatic carbocycles. The fraction of sp³-hybridized carbons (Fsp3) is 0.500. The van der Waals surface area contributed by atoms with Crippen LogP contribution in [-0.4, -0.2) is 16.1 Å². The van der Waals surface area contributed by atoms with Crippen molar-refractivity contribution in [2.45, 2.75) is 32.6 Å². The molecule has 0 amide bonds. The zero-order valence-electron chi connectivity index (χ0n) is 9.41. The summed E-state index contributed by atoms with van der Waals surface area (Å²) in [6.07, 6.45) is 1.73. The molecule has 0 spiro atoms. The Hall–Kier alpha value is -1.58. The first-order valence-corrected chi connectivity index (χ1v) is 5.48. The number of hydrogen-bond acceptors (Lipinski definition) is 2. The summed E-state index contributed by atoms with van der Waals surface area (Å²) in [5.74, 6) is -0.326. The number of pyridine rings is 1. The van der Waals surface area contributed by atoms with E-state index in [2.05, 4.69) is 11.9 Å². The molecule has 0 fully saturated rings. The average Bonchev–Trinajstić information content (AvgIpc) is 2.14. The summed E-state index contributed by atoms with van der Waals surface area (Å²) < 4.78 is 0. The van der Waals surface area contributed by atoms with Crippen molar-refractivity contribution >= 4 is 5.97 Å². The molecule has 4 heteroatoms. The van der Waals surface area contributed by atoms with Gasteiger partial charge in [-0.3, -0.25) is 4.79 Å². The number of carboxylic acid groups (broad SMARTS) is 1. The maximum absolute atomic E-state index is 11.4. The van der Waals surface area contributed by atoms with E-state index in [4.69, 9.17) is 5.11 Å². The Morgan fingerprint density at radius 1 is 1.50 bits per heavy atom. The van der Waals surface area contributed by atoms with Crippen molar-refractivity contribution < 1.29 is 9.90 Å². The summed E-state index contributed by atoms with van der Waals surface area (Å²) >= 11 is 0. The van der Waals surface area contributed by atoms with Gasteiger partial charge in [0.25, 0.3) is 0 Å². The zero-order chi connectivity index (χ0) is 11.9. The first-order valence-electron chi connectivity index (χ1n) is 5.48. The van der Waals surface area contributed by atoms with E-state index in [1.165, 1.54) is 6.07 Å². The molecule has 2 rings (SSSR count). The van der Waals surface area contributed by atoms with Crippen molar-refractivity contribution in [3.63, 3.8) is 0 Å². The molecule has 0 aliphatic heterocycles. The monoisotopic (exact) mass is 221 g/mol. The third-order valence-corrected chi connectivity index (χ3v) is 3.20. The maximum atomic E-state index is 11.4. The molecule has 1 aromatic heterocycles.